The lowest BCUT2D eigenvalue weighted by Crippen LogP contribution is -2.29. The van der Waals surface area contributed by atoms with Gasteiger partial charge in [0, 0.05) is 0 Å². The van der Waals surface area contributed by atoms with Crippen LogP contribution in [-0.2, 0) is 0 Å². The van der Waals surface area contributed by atoms with Gasteiger partial charge in [0.2, 0.25) is 0 Å². The van der Waals surface area contributed by atoms with Crippen molar-refractivity contribution in [2.45, 2.75) is 86.5 Å². The first-order valence-electron chi connectivity index (χ1n) is 7.95. The summed E-state index contributed by atoms with van der Waals surface area (Å²) in [6.45, 7) is 14.5. The van der Waals surface area contributed by atoms with Crippen molar-refractivity contribution in [3.8, 4) is 0 Å². The number of rotatable bonds is 6. The van der Waals surface area contributed by atoms with Crippen LogP contribution in [0.15, 0.2) is 11.6 Å². The summed E-state index contributed by atoms with van der Waals surface area (Å²) in [6.07, 6.45) is 12.0. The van der Waals surface area contributed by atoms with E-state index in [0.29, 0.717) is 10.8 Å². The number of unbranched alkanes of at least 4 members (excludes halogenated alkanes) is 1. The molecule has 1 aliphatic rings. The second-order valence-electron chi connectivity index (χ2n) is 7.83. The summed E-state index contributed by atoms with van der Waals surface area (Å²) in [4.78, 5) is 0. The van der Waals surface area contributed by atoms with Gasteiger partial charge < -0.3 is 0 Å². The molecular weight excluding hydrogens is 216 g/mol. The molecule has 0 saturated heterocycles. The molecule has 0 amide bonds. The monoisotopic (exact) mass is 250 g/mol. The summed E-state index contributed by atoms with van der Waals surface area (Å²) in [5.74, 6) is 0.812. The van der Waals surface area contributed by atoms with E-state index in [2.05, 4.69) is 47.6 Å². The molecule has 0 aromatic carbocycles. The third kappa shape index (κ3) is 4.44. The minimum absolute atomic E-state index is 0.514. The third-order valence-corrected chi connectivity index (χ3v) is 5.06. The molecule has 0 aromatic rings. The van der Waals surface area contributed by atoms with E-state index in [9.17, 15) is 0 Å². The molecule has 0 N–H and O–H groups in total. The number of hydrogen-bond acceptors (Lipinski definition) is 0. The van der Waals surface area contributed by atoms with Crippen LogP contribution in [0.1, 0.15) is 86.5 Å². The van der Waals surface area contributed by atoms with Crippen molar-refractivity contribution >= 4 is 0 Å². The summed E-state index contributed by atoms with van der Waals surface area (Å²) in [6, 6.07) is 0. The Morgan fingerprint density at radius 3 is 2.50 bits per heavy atom. The lowest BCUT2D eigenvalue weighted by atomic mass is 9.65. The minimum Gasteiger partial charge on any atom is -0.0853 e. The first-order chi connectivity index (χ1) is 8.28. The van der Waals surface area contributed by atoms with E-state index in [4.69, 9.17) is 0 Å². The van der Waals surface area contributed by atoms with Crippen molar-refractivity contribution in [2.75, 3.05) is 0 Å². The molecule has 0 heterocycles. The standard InChI is InChI=1S/C18H34/c1-7-8-12-17(3,4)14-11-16-15(2)10-9-13-18(16,5)6/h10,16H,7-9,11-14H2,1-6H3. The zero-order chi connectivity index (χ0) is 13.8. The Kier molecular flexibility index (Phi) is 5.49. The zero-order valence-electron chi connectivity index (χ0n) is 13.6. The highest BCUT2D eigenvalue weighted by atomic mass is 14.4. The van der Waals surface area contributed by atoms with Crippen molar-refractivity contribution in [1.29, 1.82) is 0 Å². The predicted molar refractivity (Wildman–Crippen MR) is 82.8 cm³/mol. The molecule has 0 fully saturated rings. The van der Waals surface area contributed by atoms with Gasteiger partial charge in [-0.05, 0) is 55.8 Å². The van der Waals surface area contributed by atoms with Gasteiger partial charge >= 0.3 is 0 Å². The molecule has 0 saturated carbocycles. The quantitative estimate of drug-likeness (QED) is 0.481. The first-order valence-corrected chi connectivity index (χ1v) is 7.95. The van der Waals surface area contributed by atoms with Crippen molar-refractivity contribution in [2.24, 2.45) is 16.7 Å². The summed E-state index contributed by atoms with van der Waals surface area (Å²) < 4.78 is 0. The maximum Gasteiger partial charge on any atom is -0.0154 e. The van der Waals surface area contributed by atoms with E-state index in [1.807, 2.05) is 0 Å². The Balaban J connectivity index is 2.55. The summed E-state index contributed by atoms with van der Waals surface area (Å²) >= 11 is 0. The zero-order valence-corrected chi connectivity index (χ0v) is 13.6. The Labute approximate surface area is 115 Å². The van der Waals surface area contributed by atoms with Crippen LogP contribution >= 0.6 is 0 Å². The fourth-order valence-electron chi connectivity index (χ4n) is 3.54. The molecule has 0 bridgehead atoms. The van der Waals surface area contributed by atoms with Crippen molar-refractivity contribution in [3.05, 3.63) is 11.6 Å². The summed E-state index contributed by atoms with van der Waals surface area (Å²) in [5, 5.41) is 0. The SMILES string of the molecule is CCCCC(C)(C)CCC1C(C)=CCCC1(C)C. The van der Waals surface area contributed by atoms with Gasteiger partial charge in [-0.15, -0.1) is 0 Å². The molecule has 1 unspecified atom stereocenters. The molecule has 1 rings (SSSR count). The molecular formula is C18H34. The van der Waals surface area contributed by atoms with E-state index in [0.717, 1.165) is 5.92 Å². The van der Waals surface area contributed by atoms with Crippen molar-refractivity contribution in [3.63, 3.8) is 0 Å². The van der Waals surface area contributed by atoms with E-state index < -0.39 is 0 Å². The van der Waals surface area contributed by atoms with Gasteiger partial charge in [0.1, 0.15) is 0 Å². The highest BCUT2D eigenvalue weighted by Crippen LogP contribution is 2.45. The van der Waals surface area contributed by atoms with Crippen molar-refractivity contribution < 1.29 is 0 Å². The van der Waals surface area contributed by atoms with Gasteiger partial charge in [-0.25, -0.2) is 0 Å². The molecule has 0 spiro atoms. The molecule has 0 aromatic heterocycles. The van der Waals surface area contributed by atoms with Crippen molar-refractivity contribution in [1.82, 2.24) is 0 Å². The Bertz CT molecular complexity index is 280. The number of allylic oxidation sites excluding steroid dienone is 2. The minimum atomic E-state index is 0.514. The maximum atomic E-state index is 2.48. The van der Waals surface area contributed by atoms with Gasteiger partial charge in [0.25, 0.3) is 0 Å². The Hall–Kier alpha value is -0.260. The molecule has 18 heavy (non-hydrogen) atoms. The van der Waals surface area contributed by atoms with Crippen LogP contribution in [0, 0.1) is 16.7 Å². The predicted octanol–water partition coefficient (Wildman–Crippen LogP) is 6.37. The molecule has 0 nitrogen and oxygen atoms in total. The second kappa shape index (κ2) is 6.26. The van der Waals surface area contributed by atoms with Gasteiger partial charge in [0.15, 0.2) is 0 Å². The highest BCUT2D eigenvalue weighted by molar-refractivity contribution is 5.12. The largest absolute Gasteiger partial charge is 0.0853 e. The lowest BCUT2D eigenvalue weighted by Gasteiger charge is -2.40. The van der Waals surface area contributed by atoms with E-state index >= 15 is 0 Å². The van der Waals surface area contributed by atoms with Crippen LogP contribution < -0.4 is 0 Å². The fourth-order valence-corrected chi connectivity index (χ4v) is 3.54. The van der Waals surface area contributed by atoms with Crippen LogP contribution in [0.5, 0.6) is 0 Å². The normalized spacial score (nSPS) is 23.9. The molecule has 1 aliphatic carbocycles. The highest BCUT2D eigenvalue weighted by Gasteiger charge is 2.33. The molecule has 1 atom stereocenters. The van der Waals surface area contributed by atoms with Crippen LogP contribution in [0.25, 0.3) is 0 Å². The average Bonchev–Trinajstić information content (AvgIpc) is 2.25. The topological polar surface area (TPSA) is 0 Å². The number of hydrogen-bond donors (Lipinski definition) is 0. The Morgan fingerprint density at radius 2 is 1.94 bits per heavy atom. The average molecular weight is 250 g/mol. The summed E-state index contributed by atoms with van der Waals surface area (Å²) in [5.41, 5.74) is 2.70. The Morgan fingerprint density at radius 1 is 1.28 bits per heavy atom. The third-order valence-electron chi connectivity index (χ3n) is 5.06. The molecule has 0 heteroatoms. The first kappa shape index (κ1) is 15.8. The maximum absolute atomic E-state index is 2.48. The van der Waals surface area contributed by atoms with E-state index in [1.165, 1.54) is 44.9 Å². The van der Waals surface area contributed by atoms with Gasteiger partial charge in [-0.3, -0.25) is 0 Å². The van der Waals surface area contributed by atoms with Crippen LogP contribution in [0.4, 0.5) is 0 Å². The van der Waals surface area contributed by atoms with Gasteiger partial charge in [-0.2, -0.15) is 0 Å². The van der Waals surface area contributed by atoms with E-state index in [-0.39, 0.29) is 0 Å². The molecule has 0 radical (unpaired) electrons. The van der Waals surface area contributed by atoms with Crippen LogP contribution in [-0.4, -0.2) is 0 Å². The smallest absolute Gasteiger partial charge is 0.0154 e. The lowest BCUT2D eigenvalue weighted by molar-refractivity contribution is 0.172. The second-order valence-corrected chi connectivity index (χ2v) is 7.83. The fraction of sp³-hybridized carbons (Fsp3) is 0.889. The van der Waals surface area contributed by atoms with Crippen LogP contribution in [0.3, 0.4) is 0 Å². The molecule has 106 valence electrons. The van der Waals surface area contributed by atoms with Gasteiger partial charge in [0.05, 0.1) is 0 Å². The van der Waals surface area contributed by atoms with E-state index in [1.54, 1.807) is 5.57 Å². The summed E-state index contributed by atoms with van der Waals surface area (Å²) in [7, 11) is 0. The van der Waals surface area contributed by atoms with Gasteiger partial charge in [-0.1, -0.05) is 59.1 Å². The van der Waals surface area contributed by atoms with Crippen LogP contribution in [0.2, 0.25) is 0 Å². The molecule has 0 aliphatic heterocycles.